The van der Waals surface area contributed by atoms with Gasteiger partial charge in [-0.15, -0.1) is 0 Å². The van der Waals surface area contributed by atoms with Crippen LogP contribution in [-0.2, 0) is 44.4 Å². The van der Waals surface area contributed by atoms with Crippen LogP contribution in [-0.4, -0.2) is 63.4 Å². The largest absolute Gasteiger partial charge is 0.488 e. The van der Waals surface area contributed by atoms with E-state index in [4.69, 9.17) is 47.6 Å². The number of hydrogen-bond donors (Lipinski definition) is 5. The van der Waals surface area contributed by atoms with E-state index >= 15 is 0 Å². The molecule has 0 aliphatic rings. The van der Waals surface area contributed by atoms with Gasteiger partial charge in [-0.1, -0.05) is 59.6 Å². The first-order chi connectivity index (χ1) is 30.5. The van der Waals surface area contributed by atoms with Gasteiger partial charge in [0.2, 0.25) is 0 Å². The summed E-state index contributed by atoms with van der Waals surface area (Å²) in [5.74, 6) is 0.410. The fraction of sp³-hybridized carbons (Fsp3) is 0.229. The quantitative estimate of drug-likeness (QED) is 0.0436. The topological polar surface area (TPSA) is 189 Å². The molecule has 2 heterocycles. The smallest absolute Gasteiger partial charge is 0.323 e. The van der Waals surface area contributed by atoms with Crippen molar-refractivity contribution in [3.63, 3.8) is 0 Å². The van der Waals surface area contributed by atoms with Crippen molar-refractivity contribution in [2.75, 3.05) is 13.7 Å². The summed E-state index contributed by atoms with van der Waals surface area (Å²) in [7, 11) is 1.68. The fourth-order valence-electron chi connectivity index (χ4n) is 6.73. The standard InChI is InChI=1S/C48H47Cl2N5O8/c1-29-35(27-62-46-14-44(60-26-34-11-32(17-52-3)19-54-21-34)37(12-41(46)49)22-55-43(24-57)48(58)59)6-4-8-39(29)40-9-5-7-36(30(40)2)28-63-47-15-45(38(23-56)13-42(47)50)61-25-33-10-31(16-51)18-53-20-33/h4-21,43,51,55-57H,22-28H2,1-3H3,(H,58,59). The second kappa shape index (κ2) is 22.1. The number of carbonyl (C=O) groups is 1. The molecule has 1 unspecified atom stereocenters. The average Bonchev–Trinajstić information content (AvgIpc) is 3.28. The molecule has 0 spiro atoms. The highest BCUT2D eigenvalue weighted by atomic mass is 35.5. The van der Waals surface area contributed by atoms with Crippen molar-refractivity contribution in [2.24, 2.45) is 4.99 Å². The Morgan fingerprint density at radius 1 is 0.714 bits per heavy atom. The van der Waals surface area contributed by atoms with Gasteiger partial charge in [0.05, 0.1) is 23.3 Å². The van der Waals surface area contributed by atoms with Crippen LogP contribution in [0.1, 0.15) is 55.6 Å². The zero-order chi connectivity index (χ0) is 44.9. The number of aliphatic imine (C=N–C) groups is 1. The van der Waals surface area contributed by atoms with E-state index in [-0.39, 0.29) is 39.6 Å². The summed E-state index contributed by atoms with van der Waals surface area (Å²) in [4.78, 5) is 24.1. The summed E-state index contributed by atoms with van der Waals surface area (Å²) in [5.41, 5.74) is 10.0. The van der Waals surface area contributed by atoms with E-state index in [0.29, 0.717) is 49.7 Å². The third-order valence-electron chi connectivity index (χ3n) is 10.2. The second-order valence-corrected chi connectivity index (χ2v) is 15.3. The highest BCUT2D eigenvalue weighted by molar-refractivity contribution is 6.32. The van der Waals surface area contributed by atoms with Crippen LogP contribution in [0.2, 0.25) is 10.0 Å². The van der Waals surface area contributed by atoms with Crippen molar-refractivity contribution in [3.05, 3.63) is 163 Å². The number of aliphatic hydroxyl groups excluding tert-OH is 2. The van der Waals surface area contributed by atoms with Crippen molar-refractivity contribution < 1.29 is 39.1 Å². The van der Waals surface area contributed by atoms with Gasteiger partial charge in [-0.25, -0.2) is 0 Å². The monoisotopic (exact) mass is 891 g/mol. The van der Waals surface area contributed by atoms with Crippen molar-refractivity contribution in [3.8, 4) is 34.1 Å². The zero-order valence-corrected chi connectivity index (χ0v) is 36.4. The molecule has 0 fully saturated rings. The Labute approximate surface area is 375 Å². The summed E-state index contributed by atoms with van der Waals surface area (Å²) >= 11 is 13.4. The van der Waals surface area contributed by atoms with Crippen LogP contribution in [0.25, 0.3) is 11.1 Å². The van der Waals surface area contributed by atoms with Crippen LogP contribution in [0.3, 0.4) is 0 Å². The third kappa shape index (κ3) is 12.0. The molecule has 6 rings (SSSR count). The number of hydrogen-bond acceptors (Lipinski definition) is 12. The highest BCUT2D eigenvalue weighted by Crippen LogP contribution is 2.37. The molecule has 0 saturated carbocycles. The van der Waals surface area contributed by atoms with Crippen molar-refractivity contribution >= 4 is 41.6 Å². The van der Waals surface area contributed by atoms with Gasteiger partial charge in [0, 0.05) is 96.3 Å². The van der Waals surface area contributed by atoms with Crippen LogP contribution < -0.4 is 24.3 Å². The van der Waals surface area contributed by atoms with E-state index in [9.17, 15) is 20.1 Å². The first kappa shape index (κ1) is 46.2. The van der Waals surface area contributed by atoms with Crippen LogP contribution in [0.5, 0.6) is 23.0 Å². The number of carboxylic acid groups (broad SMARTS) is 1. The maximum atomic E-state index is 11.6. The summed E-state index contributed by atoms with van der Waals surface area (Å²) in [6.45, 7) is 3.98. The SMILES string of the molecule is CN=Cc1cncc(COc2cc(OCc3cccc(-c4cccc(COc5cc(OCc6cncc(C=N)c6)c(CO)cc5Cl)c4C)c3C)c(Cl)cc2CNC(CO)C(=O)O)c1. The Hall–Kier alpha value is -6.35. The number of ether oxygens (including phenoxy) is 4. The summed E-state index contributed by atoms with van der Waals surface area (Å²) in [6.07, 6.45) is 9.53. The second-order valence-electron chi connectivity index (χ2n) is 14.5. The maximum absolute atomic E-state index is 11.6. The molecule has 63 heavy (non-hydrogen) atoms. The lowest BCUT2D eigenvalue weighted by atomic mass is 9.92. The lowest BCUT2D eigenvalue weighted by Crippen LogP contribution is -2.39. The number of nitrogens with one attached hydrogen (secondary N) is 2. The minimum absolute atomic E-state index is 0.0533. The van der Waals surface area contributed by atoms with Crippen LogP contribution >= 0.6 is 23.2 Å². The van der Waals surface area contributed by atoms with E-state index in [1.807, 2.05) is 44.2 Å². The van der Waals surface area contributed by atoms with Gasteiger partial charge in [0.25, 0.3) is 0 Å². The molecule has 326 valence electrons. The predicted molar refractivity (Wildman–Crippen MR) is 243 cm³/mol. The maximum Gasteiger partial charge on any atom is 0.323 e. The number of aromatic nitrogens is 2. The molecule has 5 N–H and O–H groups in total. The van der Waals surface area contributed by atoms with E-state index in [0.717, 1.165) is 50.1 Å². The van der Waals surface area contributed by atoms with Gasteiger partial charge in [-0.2, -0.15) is 0 Å². The molecule has 1 atom stereocenters. The van der Waals surface area contributed by atoms with Crippen LogP contribution in [0, 0.1) is 19.3 Å². The summed E-state index contributed by atoms with van der Waals surface area (Å²) in [5, 5.41) is 40.0. The third-order valence-corrected chi connectivity index (χ3v) is 10.8. The number of carboxylic acids is 1. The van der Waals surface area contributed by atoms with E-state index in [1.54, 1.807) is 68.4 Å². The molecule has 2 aromatic heterocycles. The normalized spacial score (nSPS) is 11.7. The number of halogens is 2. The molecule has 0 aliphatic heterocycles. The molecular formula is C48H47Cl2N5O8. The number of nitrogens with zero attached hydrogens (tertiary/aromatic N) is 3. The number of rotatable bonds is 21. The lowest BCUT2D eigenvalue weighted by molar-refractivity contribution is -0.140. The van der Waals surface area contributed by atoms with Crippen molar-refractivity contribution in [1.82, 2.24) is 15.3 Å². The van der Waals surface area contributed by atoms with Gasteiger partial charge >= 0.3 is 5.97 Å². The molecule has 0 amide bonds. The number of benzene rings is 4. The first-order valence-electron chi connectivity index (χ1n) is 19.8. The molecule has 0 saturated heterocycles. The van der Waals surface area contributed by atoms with E-state index in [2.05, 4.69) is 32.4 Å². The molecule has 15 heteroatoms. The Bertz CT molecular complexity index is 2610. The Morgan fingerprint density at radius 2 is 1.22 bits per heavy atom. The van der Waals surface area contributed by atoms with Gasteiger partial charge in [-0.05, 0) is 71.5 Å². The van der Waals surface area contributed by atoms with E-state index in [1.165, 1.54) is 6.21 Å². The molecule has 0 bridgehead atoms. The van der Waals surface area contributed by atoms with Gasteiger partial charge in [0.15, 0.2) is 0 Å². The minimum Gasteiger partial charge on any atom is -0.488 e. The van der Waals surface area contributed by atoms with Gasteiger partial charge < -0.3 is 39.7 Å². The Balaban J connectivity index is 1.19. The van der Waals surface area contributed by atoms with Crippen molar-refractivity contribution in [2.45, 2.75) is 59.5 Å². The summed E-state index contributed by atoms with van der Waals surface area (Å²) < 4.78 is 24.9. The Morgan fingerprint density at radius 3 is 1.73 bits per heavy atom. The van der Waals surface area contributed by atoms with Gasteiger partial charge in [-0.3, -0.25) is 25.1 Å². The molecule has 0 aliphatic carbocycles. The van der Waals surface area contributed by atoms with Gasteiger partial charge in [0.1, 0.15) is 55.5 Å². The molecule has 0 radical (unpaired) electrons. The number of aliphatic carboxylic acids is 1. The average molecular weight is 893 g/mol. The predicted octanol–water partition coefficient (Wildman–Crippen LogP) is 8.46. The zero-order valence-electron chi connectivity index (χ0n) is 34.9. The van der Waals surface area contributed by atoms with Crippen LogP contribution in [0.4, 0.5) is 0 Å². The fourth-order valence-corrected chi connectivity index (χ4v) is 7.22. The Kier molecular flexibility index (Phi) is 16.2. The number of aliphatic hydroxyl groups is 2. The first-order valence-corrected chi connectivity index (χ1v) is 20.6. The van der Waals surface area contributed by atoms with E-state index < -0.39 is 18.6 Å². The molecule has 6 aromatic rings. The van der Waals surface area contributed by atoms with Crippen molar-refractivity contribution in [1.29, 1.82) is 5.41 Å². The lowest BCUT2D eigenvalue weighted by Gasteiger charge is -2.19. The summed E-state index contributed by atoms with van der Waals surface area (Å²) in [6, 6.07) is 21.2. The molecule has 13 nitrogen and oxygen atoms in total. The molecule has 4 aromatic carbocycles. The minimum atomic E-state index is -1.19. The highest BCUT2D eigenvalue weighted by Gasteiger charge is 2.19. The number of pyridine rings is 2. The van der Waals surface area contributed by atoms with Crippen LogP contribution in [0.15, 0.2) is 103 Å². The molecular weight excluding hydrogens is 845 g/mol.